The summed E-state index contributed by atoms with van der Waals surface area (Å²) in [5, 5.41) is 10.7. The molecule has 3 rings (SSSR count). The van der Waals surface area contributed by atoms with E-state index in [2.05, 4.69) is 0 Å². The van der Waals surface area contributed by atoms with Gasteiger partial charge in [0, 0.05) is 17.7 Å². The van der Waals surface area contributed by atoms with Crippen molar-refractivity contribution < 1.29 is 24.2 Å². The van der Waals surface area contributed by atoms with Crippen molar-refractivity contribution in [2.24, 2.45) is 5.92 Å². The number of carbonyl (C=O) groups excluding carboxylic acids is 2. The third-order valence-corrected chi connectivity index (χ3v) is 4.98. The Kier molecular flexibility index (Phi) is 6.45. The molecule has 0 bridgehead atoms. The molecule has 0 saturated carbocycles. The number of nitrogens with zero attached hydrogens (tertiary/aromatic N) is 1. The van der Waals surface area contributed by atoms with Gasteiger partial charge in [0.05, 0.1) is 25.3 Å². The van der Waals surface area contributed by atoms with E-state index >= 15 is 0 Å². The fourth-order valence-electron chi connectivity index (χ4n) is 3.50. The summed E-state index contributed by atoms with van der Waals surface area (Å²) in [5.74, 6) is -0.546. The Balaban J connectivity index is 2.14. The topological polar surface area (TPSA) is 76.1 Å². The van der Waals surface area contributed by atoms with Gasteiger partial charge in [-0.1, -0.05) is 39.0 Å². The first-order chi connectivity index (χ1) is 14.4. The molecule has 1 atom stereocenters. The van der Waals surface area contributed by atoms with Crippen molar-refractivity contribution in [3.8, 4) is 11.5 Å². The van der Waals surface area contributed by atoms with Crippen LogP contribution in [0.25, 0.3) is 0 Å². The maximum Gasteiger partial charge on any atom is 0.294 e. The molecule has 1 heterocycles. The van der Waals surface area contributed by atoms with Gasteiger partial charge < -0.3 is 14.6 Å². The summed E-state index contributed by atoms with van der Waals surface area (Å²) in [6.45, 7) is 6.06. The summed E-state index contributed by atoms with van der Waals surface area (Å²) in [4.78, 5) is 27.5. The highest BCUT2D eigenvalue weighted by Gasteiger charge is 2.45. The van der Waals surface area contributed by atoms with Gasteiger partial charge in [-0.2, -0.15) is 0 Å². The van der Waals surface area contributed by atoms with Crippen LogP contribution in [-0.4, -0.2) is 30.5 Å². The van der Waals surface area contributed by atoms with Gasteiger partial charge in [-0.25, -0.2) is 0 Å². The molecule has 1 amide bonds. The van der Waals surface area contributed by atoms with Gasteiger partial charge in [0.15, 0.2) is 11.5 Å². The van der Waals surface area contributed by atoms with Crippen LogP contribution in [0.15, 0.2) is 59.9 Å². The van der Waals surface area contributed by atoms with Crippen molar-refractivity contribution in [2.45, 2.75) is 33.2 Å². The Bertz CT molecular complexity index is 979. The van der Waals surface area contributed by atoms with Gasteiger partial charge >= 0.3 is 0 Å². The minimum Gasteiger partial charge on any atom is -0.503 e. The Morgan fingerprint density at radius 3 is 2.50 bits per heavy atom. The van der Waals surface area contributed by atoms with E-state index in [1.54, 1.807) is 57.4 Å². The van der Waals surface area contributed by atoms with Gasteiger partial charge in [0.25, 0.3) is 5.91 Å². The third kappa shape index (κ3) is 4.03. The molecule has 1 aliphatic heterocycles. The Hall–Kier alpha value is -3.28. The second-order valence-corrected chi connectivity index (χ2v) is 7.48. The summed E-state index contributed by atoms with van der Waals surface area (Å²) in [6, 6.07) is 13.5. The minimum atomic E-state index is -0.760. The van der Waals surface area contributed by atoms with Crippen LogP contribution in [0.4, 0.5) is 5.69 Å². The predicted molar refractivity (Wildman–Crippen MR) is 115 cm³/mol. The Labute approximate surface area is 176 Å². The minimum absolute atomic E-state index is 0.100. The van der Waals surface area contributed by atoms with Crippen LogP contribution in [0, 0.1) is 5.92 Å². The molecule has 0 aromatic heterocycles. The molecule has 2 aromatic carbocycles. The molecule has 2 aromatic rings. The van der Waals surface area contributed by atoms with Crippen molar-refractivity contribution in [3.05, 3.63) is 65.4 Å². The van der Waals surface area contributed by atoms with Crippen molar-refractivity contribution in [3.63, 3.8) is 0 Å². The first-order valence-corrected chi connectivity index (χ1v) is 10.1. The van der Waals surface area contributed by atoms with E-state index in [-0.39, 0.29) is 17.3 Å². The molecule has 1 N–H and O–H groups in total. The zero-order valence-electron chi connectivity index (χ0n) is 17.7. The number of methoxy groups -OCH3 is 1. The maximum absolute atomic E-state index is 13.1. The zero-order chi connectivity index (χ0) is 21.8. The smallest absolute Gasteiger partial charge is 0.294 e. The van der Waals surface area contributed by atoms with E-state index in [1.165, 1.54) is 4.90 Å². The summed E-state index contributed by atoms with van der Waals surface area (Å²) in [6.07, 6.45) is 0.856. The average molecular weight is 409 g/mol. The van der Waals surface area contributed by atoms with Crippen molar-refractivity contribution >= 4 is 17.4 Å². The van der Waals surface area contributed by atoms with Crippen LogP contribution in [0.5, 0.6) is 11.5 Å². The number of aliphatic hydroxyl groups excluding tert-OH is 1. The lowest BCUT2D eigenvalue weighted by molar-refractivity contribution is -0.119. The van der Waals surface area contributed by atoms with Crippen LogP contribution in [0.3, 0.4) is 0 Å². The monoisotopic (exact) mass is 409 g/mol. The quantitative estimate of drug-likeness (QED) is 0.689. The standard InChI is InChI=1S/C24H27NO5/c1-5-12-30-19-11-7-9-17(14-19)25-21(16-8-6-10-18(13-16)29-4)20(22(26)15(2)3)23(27)24(25)28/h6-11,13-15,21,27H,5,12H2,1-4H3. The number of anilines is 1. The second kappa shape index (κ2) is 9.03. The van der Waals surface area contributed by atoms with E-state index in [4.69, 9.17) is 9.47 Å². The number of benzene rings is 2. The number of amides is 1. The highest BCUT2D eigenvalue weighted by molar-refractivity contribution is 6.16. The van der Waals surface area contributed by atoms with Crippen LogP contribution < -0.4 is 14.4 Å². The molecule has 0 aliphatic carbocycles. The van der Waals surface area contributed by atoms with E-state index < -0.39 is 17.7 Å². The SMILES string of the molecule is CCCOc1cccc(N2C(=O)C(O)=C(C(=O)C(C)C)C2c2cccc(OC)c2)c1. The highest BCUT2D eigenvalue weighted by Crippen LogP contribution is 2.43. The highest BCUT2D eigenvalue weighted by atomic mass is 16.5. The number of Topliss-reactive ketones (excluding diaryl/α,β-unsaturated/α-hetero) is 1. The summed E-state index contributed by atoms with van der Waals surface area (Å²) in [5.41, 5.74) is 1.32. The maximum atomic E-state index is 13.1. The molecule has 1 unspecified atom stereocenters. The lowest BCUT2D eigenvalue weighted by Crippen LogP contribution is -2.31. The molecule has 0 spiro atoms. The number of aliphatic hydroxyl groups is 1. The first kappa shape index (κ1) is 21.4. The van der Waals surface area contributed by atoms with Gasteiger partial charge in [-0.05, 0) is 36.2 Å². The second-order valence-electron chi connectivity index (χ2n) is 7.48. The molecular formula is C24H27NO5. The number of carbonyl (C=O) groups is 2. The number of hydrogen-bond donors (Lipinski definition) is 1. The average Bonchev–Trinajstić information content (AvgIpc) is 3.02. The summed E-state index contributed by atoms with van der Waals surface area (Å²) >= 11 is 0. The van der Waals surface area contributed by atoms with Crippen LogP contribution in [-0.2, 0) is 9.59 Å². The molecule has 0 radical (unpaired) electrons. The molecule has 30 heavy (non-hydrogen) atoms. The van der Waals surface area contributed by atoms with E-state index in [0.29, 0.717) is 29.4 Å². The fourth-order valence-corrected chi connectivity index (χ4v) is 3.50. The van der Waals surface area contributed by atoms with E-state index in [9.17, 15) is 14.7 Å². The Morgan fingerprint density at radius 1 is 1.13 bits per heavy atom. The first-order valence-electron chi connectivity index (χ1n) is 10.1. The zero-order valence-corrected chi connectivity index (χ0v) is 17.7. The molecule has 0 saturated heterocycles. The molecule has 0 fully saturated rings. The van der Waals surface area contributed by atoms with Crippen LogP contribution >= 0.6 is 0 Å². The lowest BCUT2D eigenvalue weighted by Gasteiger charge is -2.28. The molecular weight excluding hydrogens is 382 g/mol. The number of rotatable bonds is 8. The summed E-state index contributed by atoms with van der Waals surface area (Å²) < 4.78 is 11.0. The van der Waals surface area contributed by atoms with Gasteiger partial charge in [0.2, 0.25) is 0 Å². The normalized spacial score (nSPS) is 16.4. The van der Waals surface area contributed by atoms with E-state index in [0.717, 1.165) is 6.42 Å². The van der Waals surface area contributed by atoms with Gasteiger partial charge in [-0.3, -0.25) is 14.5 Å². The fraction of sp³-hybridized carbons (Fsp3) is 0.333. The van der Waals surface area contributed by atoms with Crippen LogP contribution in [0.1, 0.15) is 38.8 Å². The summed E-state index contributed by atoms with van der Waals surface area (Å²) in [7, 11) is 1.55. The number of hydrogen-bond acceptors (Lipinski definition) is 5. The lowest BCUT2D eigenvalue weighted by atomic mass is 9.91. The van der Waals surface area contributed by atoms with Crippen LogP contribution in [0.2, 0.25) is 0 Å². The van der Waals surface area contributed by atoms with Gasteiger partial charge in [0.1, 0.15) is 11.5 Å². The molecule has 158 valence electrons. The molecule has 1 aliphatic rings. The third-order valence-electron chi connectivity index (χ3n) is 4.98. The van der Waals surface area contributed by atoms with E-state index in [1.807, 2.05) is 19.1 Å². The van der Waals surface area contributed by atoms with Crippen molar-refractivity contribution in [1.29, 1.82) is 0 Å². The Morgan fingerprint density at radius 2 is 1.83 bits per heavy atom. The van der Waals surface area contributed by atoms with Crippen molar-refractivity contribution in [2.75, 3.05) is 18.6 Å². The molecule has 6 heteroatoms. The molecule has 6 nitrogen and oxygen atoms in total. The van der Waals surface area contributed by atoms with Gasteiger partial charge in [-0.15, -0.1) is 0 Å². The predicted octanol–water partition coefficient (Wildman–Crippen LogP) is 4.61. The number of ketones is 1. The van der Waals surface area contributed by atoms with Crippen molar-refractivity contribution in [1.82, 2.24) is 0 Å². The largest absolute Gasteiger partial charge is 0.503 e. The number of ether oxygens (including phenoxy) is 2.